The van der Waals surface area contributed by atoms with Gasteiger partial charge in [0, 0.05) is 17.1 Å². The predicted octanol–water partition coefficient (Wildman–Crippen LogP) is 3.27. The Bertz CT molecular complexity index is 729. The Morgan fingerprint density at radius 3 is 2.32 bits per heavy atom. The van der Waals surface area contributed by atoms with Crippen LogP contribution in [0.5, 0.6) is 0 Å². The Labute approximate surface area is 151 Å². The highest BCUT2D eigenvalue weighted by atomic mass is 32.2. The summed E-state index contributed by atoms with van der Waals surface area (Å²) in [7, 11) is 0. The van der Waals surface area contributed by atoms with E-state index >= 15 is 0 Å². The van der Waals surface area contributed by atoms with E-state index in [1.165, 1.54) is 16.7 Å². The zero-order valence-corrected chi connectivity index (χ0v) is 14.4. The maximum Gasteiger partial charge on any atom is 0.316 e. The number of anilines is 1. The van der Waals surface area contributed by atoms with Crippen LogP contribution in [0.15, 0.2) is 65.6 Å². The number of thioether (sulfide) groups is 1. The van der Waals surface area contributed by atoms with Gasteiger partial charge in [-0.15, -0.1) is 11.8 Å². The Morgan fingerprint density at radius 2 is 1.68 bits per heavy atom. The number of rotatable bonds is 8. The number of ether oxygens (including phenoxy) is 1. The first-order valence-corrected chi connectivity index (χ1v) is 8.75. The topological polar surface area (TPSA) is 70.4 Å². The predicted molar refractivity (Wildman–Crippen MR) is 97.2 cm³/mol. The molecule has 0 heterocycles. The molecule has 0 radical (unpaired) electrons. The van der Waals surface area contributed by atoms with Gasteiger partial charge in [-0.2, -0.15) is 5.26 Å². The van der Waals surface area contributed by atoms with Gasteiger partial charge in [-0.25, -0.2) is 0 Å². The van der Waals surface area contributed by atoms with Gasteiger partial charge in [-0.3, -0.25) is 9.59 Å². The summed E-state index contributed by atoms with van der Waals surface area (Å²) in [5.74, 6) is -0.657. The van der Waals surface area contributed by atoms with E-state index in [9.17, 15) is 9.59 Å². The van der Waals surface area contributed by atoms with Gasteiger partial charge in [0.05, 0.1) is 18.2 Å². The van der Waals surface area contributed by atoms with Gasteiger partial charge >= 0.3 is 5.97 Å². The van der Waals surface area contributed by atoms with Crippen LogP contribution in [-0.4, -0.2) is 30.8 Å². The van der Waals surface area contributed by atoms with Crippen molar-refractivity contribution in [3.05, 3.63) is 60.7 Å². The minimum absolute atomic E-state index is 0.140. The highest BCUT2D eigenvalue weighted by Crippen LogP contribution is 2.17. The molecular weight excluding hydrogens is 336 g/mol. The molecular formula is C19H18N2O3S. The lowest BCUT2D eigenvalue weighted by Gasteiger charge is -2.21. The normalized spacial score (nSPS) is 9.88. The SMILES string of the molecule is N#CCCN(C(=O)COC(=O)CSc1ccccc1)c1ccccc1. The van der Waals surface area contributed by atoms with Crippen LogP contribution in [0.2, 0.25) is 0 Å². The van der Waals surface area contributed by atoms with Crippen molar-refractivity contribution < 1.29 is 14.3 Å². The summed E-state index contributed by atoms with van der Waals surface area (Å²) in [4.78, 5) is 26.6. The van der Waals surface area contributed by atoms with Gasteiger partial charge in [0.25, 0.3) is 5.91 Å². The monoisotopic (exact) mass is 354 g/mol. The molecule has 0 aliphatic carbocycles. The second-order valence-electron chi connectivity index (χ2n) is 5.05. The number of amides is 1. The van der Waals surface area contributed by atoms with E-state index in [1.807, 2.05) is 54.6 Å². The smallest absolute Gasteiger partial charge is 0.316 e. The average Bonchev–Trinajstić information content (AvgIpc) is 2.66. The molecule has 2 rings (SSSR count). The minimum Gasteiger partial charge on any atom is -0.455 e. The van der Waals surface area contributed by atoms with E-state index in [1.54, 1.807) is 12.1 Å². The first kappa shape index (κ1) is 18.6. The number of benzene rings is 2. The first-order chi connectivity index (χ1) is 12.2. The average molecular weight is 354 g/mol. The molecule has 0 saturated heterocycles. The molecule has 0 saturated carbocycles. The fourth-order valence-corrected chi connectivity index (χ4v) is 2.81. The standard InChI is InChI=1S/C19H18N2O3S/c20-12-7-13-21(16-8-3-1-4-9-16)18(22)14-24-19(23)15-25-17-10-5-2-6-11-17/h1-6,8-11H,7,13-15H2. The van der Waals surface area contributed by atoms with Gasteiger partial charge < -0.3 is 9.64 Å². The maximum absolute atomic E-state index is 12.4. The summed E-state index contributed by atoms with van der Waals surface area (Å²) >= 11 is 1.36. The molecule has 25 heavy (non-hydrogen) atoms. The minimum atomic E-state index is -0.449. The van der Waals surface area contributed by atoms with Crippen molar-refractivity contribution in [2.75, 3.05) is 23.8 Å². The fourth-order valence-electron chi connectivity index (χ4n) is 2.09. The largest absolute Gasteiger partial charge is 0.455 e. The van der Waals surface area contributed by atoms with Crippen molar-refractivity contribution in [3.63, 3.8) is 0 Å². The third-order valence-corrected chi connectivity index (χ3v) is 4.26. The summed E-state index contributed by atoms with van der Waals surface area (Å²) in [6.45, 7) is -0.0792. The summed E-state index contributed by atoms with van der Waals surface area (Å²) in [6.07, 6.45) is 0.207. The Morgan fingerprint density at radius 1 is 1.04 bits per heavy atom. The maximum atomic E-state index is 12.4. The van der Waals surface area contributed by atoms with Gasteiger partial charge in [0.2, 0.25) is 0 Å². The van der Waals surface area contributed by atoms with Crippen LogP contribution in [0.1, 0.15) is 6.42 Å². The van der Waals surface area contributed by atoms with Crippen molar-refractivity contribution >= 4 is 29.3 Å². The zero-order valence-electron chi connectivity index (χ0n) is 13.6. The van der Waals surface area contributed by atoms with E-state index in [2.05, 4.69) is 0 Å². The number of nitrogens with zero attached hydrogens (tertiary/aromatic N) is 2. The third-order valence-electron chi connectivity index (χ3n) is 3.27. The molecule has 6 heteroatoms. The summed E-state index contributed by atoms with van der Waals surface area (Å²) in [5.41, 5.74) is 0.678. The number of nitriles is 1. The lowest BCUT2D eigenvalue weighted by molar-refractivity contribution is -0.145. The fraction of sp³-hybridized carbons (Fsp3) is 0.211. The number of carbonyl (C=O) groups is 2. The molecule has 0 bridgehead atoms. The number of esters is 1. The lowest BCUT2D eigenvalue weighted by Crippen LogP contribution is -2.35. The van der Waals surface area contributed by atoms with Gasteiger partial charge in [0.15, 0.2) is 6.61 Å². The van der Waals surface area contributed by atoms with Crippen LogP contribution in [-0.2, 0) is 14.3 Å². The molecule has 0 aliphatic heterocycles. The molecule has 0 atom stereocenters. The molecule has 2 aromatic carbocycles. The number of hydrogen-bond acceptors (Lipinski definition) is 5. The Hall–Kier alpha value is -2.78. The van der Waals surface area contributed by atoms with E-state index in [0.29, 0.717) is 5.69 Å². The van der Waals surface area contributed by atoms with E-state index in [0.717, 1.165) is 4.90 Å². The zero-order chi connectivity index (χ0) is 17.9. The molecule has 0 unspecified atom stereocenters. The number of para-hydroxylation sites is 1. The van der Waals surface area contributed by atoms with Crippen LogP contribution in [0.25, 0.3) is 0 Å². The second-order valence-corrected chi connectivity index (χ2v) is 6.10. The van der Waals surface area contributed by atoms with E-state index in [-0.39, 0.29) is 31.2 Å². The quantitative estimate of drug-likeness (QED) is 0.537. The molecule has 0 fully saturated rings. The Balaban J connectivity index is 1.85. The Kier molecular flexibility index (Phi) is 7.54. The first-order valence-electron chi connectivity index (χ1n) is 7.76. The summed E-state index contributed by atoms with van der Waals surface area (Å²) < 4.78 is 5.07. The van der Waals surface area contributed by atoms with Crippen LogP contribution >= 0.6 is 11.8 Å². The van der Waals surface area contributed by atoms with Crippen molar-refractivity contribution in [2.45, 2.75) is 11.3 Å². The highest BCUT2D eigenvalue weighted by molar-refractivity contribution is 8.00. The van der Waals surface area contributed by atoms with E-state index < -0.39 is 5.97 Å². The molecule has 2 aromatic rings. The molecule has 1 amide bonds. The number of hydrogen-bond donors (Lipinski definition) is 0. The van der Waals surface area contributed by atoms with Gasteiger partial charge in [0.1, 0.15) is 0 Å². The molecule has 5 nitrogen and oxygen atoms in total. The van der Waals surface area contributed by atoms with Crippen LogP contribution < -0.4 is 4.90 Å². The second kappa shape index (κ2) is 10.2. The highest BCUT2D eigenvalue weighted by Gasteiger charge is 2.17. The lowest BCUT2D eigenvalue weighted by atomic mass is 10.2. The van der Waals surface area contributed by atoms with Crippen LogP contribution in [0.3, 0.4) is 0 Å². The molecule has 0 N–H and O–H groups in total. The molecule has 0 aliphatic rings. The van der Waals surface area contributed by atoms with Crippen molar-refractivity contribution in [2.24, 2.45) is 0 Å². The van der Waals surface area contributed by atoms with Gasteiger partial charge in [-0.1, -0.05) is 36.4 Å². The summed E-state index contributed by atoms with van der Waals surface area (Å²) in [6, 6.07) is 20.5. The van der Waals surface area contributed by atoms with Crippen LogP contribution in [0.4, 0.5) is 5.69 Å². The van der Waals surface area contributed by atoms with E-state index in [4.69, 9.17) is 10.00 Å². The van der Waals surface area contributed by atoms with Gasteiger partial charge in [-0.05, 0) is 24.3 Å². The van der Waals surface area contributed by atoms with Crippen molar-refractivity contribution in [3.8, 4) is 6.07 Å². The molecule has 128 valence electrons. The molecule has 0 aromatic heterocycles. The number of carbonyl (C=O) groups excluding carboxylic acids is 2. The van der Waals surface area contributed by atoms with Crippen molar-refractivity contribution in [1.29, 1.82) is 5.26 Å². The molecule has 0 spiro atoms. The van der Waals surface area contributed by atoms with Crippen LogP contribution in [0, 0.1) is 11.3 Å². The summed E-state index contributed by atoms with van der Waals surface area (Å²) in [5, 5.41) is 8.76. The third kappa shape index (κ3) is 6.32. The van der Waals surface area contributed by atoms with Crippen molar-refractivity contribution in [1.82, 2.24) is 0 Å².